The van der Waals surface area contributed by atoms with Gasteiger partial charge in [-0.25, -0.2) is 24.9 Å². The quantitative estimate of drug-likeness (QED) is 0.318. The first-order valence-electron chi connectivity index (χ1n) is 12.7. The highest BCUT2D eigenvalue weighted by molar-refractivity contribution is 5.87. The summed E-state index contributed by atoms with van der Waals surface area (Å²) in [7, 11) is 1.98. The van der Waals surface area contributed by atoms with Crippen LogP contribution in [0.2, 0.25) is 0 Å². The molecule has 1 atom stereocenters. The Bertz CT molecular complexity index is 1630. The van der Waals surface area contributed by atoms with Gasteiger partial charge in [-0.15, -0.1) is 0 Å². The van der Waals surface area contributed by atoms with E-state index < -0.39 is 0 Å². The number of hydrogen-bond donors (Lipinski definition) is 1. The molecule has 2 aromatic carbocycles. The molecule has 10 heteroatoms. The first-order chi connectivity index (χ1) is 18.4. The number of fused-ring (bicyclic) bond motifs is 2. The van der Waals surface area contributed by atoms with Gasteiger partial charge in [-0.05, 0) is 63.1 Å². The van der Waals surface area contributed by atoms with Gasteiger partial charge < -0.3 is 24.3 Å². The fourth-order valence-corrected chi connectivity index (χ4v) is 4.98. The maximum absolute atomic E-state index is 6.18. The number of nitrogens with one attached hydrogen (secondary N) is 1. The lowest BCUT2D eigenvalue weighted by molar-refractivity contribution is 0.179. The van der Waals surface area contributed by atoms with Gasteiger partial charge in [-0.3, -0.25) is 0 Å². The summed E-state index contributed by atoms with van der Waals surface area (Å²) < 4.78 is 13.8. The number of nitrogens with zero attached hydrogens (tertiary/aromatic N) is 7. The van der Waals surface area contributed by atoms with Gasteiger partial charge in [-0.2, -0.15) is 0 Å². The van der Waals surface area contributed by atoms with Gasteiger partial charge in [0.15, 0.2) is 5.82 Å². The van der Waals surface area contributed by atoms with Crippen molar-refractivity contribution in [3.63, 3.8) is 0 Å². The molecule has 1 saturated heterocycles. The minimum atomic E-state index is -0.139. The molecule has 0 unspecified atom stereocenters. The lowest BCUT2D eigenvalue weighted by Gasteiger charge is -2.36. The van der Waals surface area contributed by atoms with Crippen LogP contribution in [0.3, 0.4) is 0 Å². The van der Waals surface area contributed by atoms with Crippen molar-refractivity contribution in [2.24, 2.45) is 7.05 Å². The normalized spacial score (nSPS) is 17.3. The molecule has 0 amide bonds. The first-order valence-corrected chi connectivity index (χ1v) is 12.7. The fourth-order valence-electron chi connectivity index (χ4n) is 4.98. The van der Waals surface area contributed by atoms with Gasteiger partial charge in [0.05, 0.1) is 35.7 Å². The van der Waals surface area contributed by atoms with E-state index in [0.717, 1.165) is 53.4 Å². The summed E-state index contributed by atoms with van der Waals surface area (Å²) in [5.74, 6) is 2.79. The highest BCUT2D eigenvalue weighted by atomic mass is 16.5. The molecule has 4 heterocycles. The Morgan fingerprint density at radius 3 is 2.79 bits per heavy atom. The Kier molecular flexibility index (Phi) is 6.03. The van der Waals surface area contributed by atoms with Crippen molar-refractivity contribution in [3.05, 3.63) is 60.8 Å². The minimum absolute atomic E-state index is 0.139. The van der Waals surface area contributed by atoms with Crippen LogP contribution in [-0.4, -0.2) is 54.8 Å². The van der Waals surface area contributed by atoms with Crippen molar-refractivity contribution in [2.45, 2.75) is 32.7 Å². The molecule has 194 valence electrons. The molecule has 38 heavy (non-hydrogen) atoms. The average Bonchev–Trinajstić information content (AvgIpc) is 3.52. The average molecular weight is 511 g/mol. The molecule has 1 fully saturated rings. The lowest BCUT2D eigenvalue weighted by Crippen LogP contribution is -2.48. The maximum Gasteiger partial charge on any atom is 0.226 e. The number of imidazole rings is 1. The molecule has 3 aromatic heterocycles. The van der Waals surface area contributed by atoms with Gasteiger partial charge >= 0.3 is 0 Å². The zero-order valence-electron chi connectivity index (χ0n) is 22.0. The van der Waals surface area contributed by atoms with E-state index in [0.29, 0.717) is 29.4 Å². The zero-order valence-corrected chi connectivity index (χ0v) is 22.0. The van der Waals surface area contributed by atoms with Gasteiger partial charge in [0, 0.05) is 32.0 Å². The van der Waals surface area contributed by atoms with E-state index in [-0.39, 0.29) is 5.54 Å². The highest BCUT2D eigenvalue weighted by Crippen LogP contribution is 2.32. The van der Waals surface area contributed by atoms with Crippen molar-refractivity contribution >= 4 is 39.5 Å². The van der Waals surface area contributed by atoms with Crippen LogP contribution in [0.4, 0.5) is 17.5 Å². The van der Waals surface area contributed by atoms with Crippen LogP contribution in [0.15, 0.2) is 55.2 Å². The van der Waals surface area contributed by atoms with Crippen molar-refractivity contribution in [1.82, 2.24) is 29.5 Å². The molecule has 0 saturated carbocycles. The van der Waals surface area contributed by atoms with Crippen LogP contribution in [-0.2, 0) is 11.8 Å². The number of likely N-dealkylation sites (N-methyl/N-ethyl adjacent to an activating group) is 1. The summed E-state index contributed by atoms with van der Waals surface area (Å²) in [5, 5.41) is 3.42. The number of rotatable bonds is 7. The monoisotopic (exact) mass is 510 g/mol. The zero-order chi connectivity index (χ0) is 26.3. The summed E-state index contributed by atoms with van der Waals surface area (Å²) in [4.78, 5) is 25.0. The molecule has 1 N–H and O–H groups in total. The molecular formula is C28H30N8O2. The third-order valence-electron chi connectivity index (χ3n) is 7.13. The van der Waals surface area contributed by atoms with Gasteiger partial charge in [-0.1, -0.05) is 0 Å². The smallest absolute Gasteiger partial charge is 0.226 e. The fraction of sp³-hybridized carbons (Fsp3) is 0.321. The second-order valence-corrected chi connectivity index (χ2v) is 9.88. The molecular weight excluding hydrogens is 480 g/mol. The highest BCUT2D eigenvalue weighted by Gasteiger charge is 2.37. The lowest BCUT2D eigenvalue weighted by atomic mass is 9.99. The van der Waals surface area contributed by atoms with Gasteiger partial charge in [0.25, 0.3) is 0 Å². The molecule has 0 bridgehead atoms. The Morgan fingerprint density at radius 1 is 1.11 bits per heavy atom. The van der Waals surface area contributed by atoms with E-state index in [4.69, 9.17) is 14.5 Å². The second kappa shape index (κ2) is 9.53. The summed E-state index contributed by atoms with van der Waals surface area (Å²) in [6.07, 6.45) is 6.01. The standard InChI is InChI=1S/C28H30N8O2/c1-5-36(28(3)10-11-37-15-28)27-29-14-22-25(34-27)26(31-16-30-22)33-19-6-9-24(18(2)12-19)38-20-7-8-23-21(13-20)32-17-35(23)4/h6-9,12-14,16-17H,5,10-11,15H2,1-4H3,(H,30,31,33)/t28-/m1/s1. The van der Waals surface area contributed by atoms with E-state index in [1.165, 1.54) is 6.33 Å². The summed E-state index contributed by atoms with van der Waals surface area (Å²) in [6.45, 7) is 8.49. The van der Waals surface area contributed by atoms with Crippen LogP contribution < -0.4 is 15.0 Å². The summed E-state index contributed by atoms with van der Waals surface area (Å²) in [5.41, 5.74) is 5.02. The SMILES string of the molecule is CCN(c1ncc2ncnc(Nc3ccc(Oc4ccc5c(c4)ncn5C)c(C)c3)c2n1)[C@]1(C)CCOC1. The number of aromatic nitrogens is 6. The maximum atomic E-state index is 6.18. The largest absolute Gasteiger partial charge is 0.457 e. The summed E-state index contributed by atoms with van der Waals surface area (Å²) in [6, 6.07) is 11.9. The van der Waals surface area contributed by atoms with E-state index in [1.807, 2.05) is 54.9 Å². The predicted molar refractivity (Wildman–Crippen MR) is 147 cm³/mol. The van der Waals surface area contributed by atoms with Crippen molar-refractivity contribution in [3.8, 4) is 11.5 Å². The molecule has 0 radical (unpaired) electrons. The molecule has 10 nitrogen and oxygen atoms in total. The van der Waals surface area contributed by atoms with Crippen molar-refractivity contribution < 1.29 is 9.47 Å². The topological polar surface area (TPSA) is 103 Å². The second-order valence-electron chi connectivity index (χ2n) is 9.88. The molecule has 0 spiro atoms. The number of hydrogen-bond acceptors (Lipinski definition) is 9. The van der Waals surface area contributed by atoms with E-state index in [2.05, 4.69) is 44.0 Å². The Hall–Kier alpha value is -4.31. The van der Waals surface area contributed by atoms with Crippen molar-refractivity contribution in [2.75, 3.05) is 30.0 Å². The van der Waals surface area contributed by atoms with Crippen molar-refractivity contribution in [1.29, 1.82) is 0 Å². The third-order valence-corrected chi connectivity index (χ3v) is 7.13. The Morgan fingerprint density at radius 2 is 2.00 bits per heavy atom. The predicted octanol–water partition coefficient (Wildman–Crippen LogP) is 5.16. The Balaban J connectivity index is 1.26. The molecule has 1 aliphatic heterocycles. The number of ether oxygens (including phenoxy) is 2. The van der Waals surface area contributed by atoms with Crippen LogP contribution in [0.1, 0.15) is 25.8 Å². The molecule has 0 aliphatic carbocycles. The minimum Gasteiger partial charge on any atom is -0.457 e. The Labute approximate surface area is 220 Å². The van der Waals surface area contributed by atoms with E-state index in [9.17, 15) is 0 Å². The van der Waals surface area contributed by atoms with E-state index >= 15 is 0 Å². The van der Waals surface area contributed by atoms with Crippen LogP contribution in [0.5, 0.6) is 11.5 Å². The third kappa shape index (κ3) is 4.37. The van der Waals surface area contributed by atoms with Gasteiger partial charge in [0.1, 0.15) is 28.9 Å². The number of aryl methyl sites for hydroxylation is 2. The number of anilines is 3. The molecule has 6 rings (SSSR count). The summed E-state index contributed by atoms with van der Waals surface area (Å²) >= 11 is 0. The van der Waals surface area contributed by atoms with Gasteiger partial charge in [0.2, 0.25) is 5.95 Å². The molecule has 5 aromatic rings. The van der Waals surface area contributed by atoms with Crippen LogP contribution >= 0.6 is 0 Å². The number of benzene rings is 2. The van der Waals surface area contributed by atoms with E-state index in [1.54, 1.807) is 12.5 Å². The first kappa shape index (κ1) is 24.1. The van der Waals surface area contributed by atoms with Crippen LogP contribution in [0.25, 0.3) is 22.1 Å². The molecule has 1 aliphatic rings. The van der Waals surface area contributed by atoms with Crippen LogP contribution in [0, 0.1) is 6.92 Å².